The first kappa shape index (κ1) is 26.8. The fourth-order valence-electron chi connectivity index (χ4n) is 6.12. The average molecular weight is 515 g/mol. The second-order valence-electron chi connectivity index (χ2n) is 10.1. The molecule has 0 radical (unpaired) electrons. The third kappa shape index (κ3) is 3.69. The van der Waals surface area contributed by atoms with Gasteiger partial charge in [0.15, 0.2) is 11.4 Å². The number of fused-ring (bicyclic) bond motifs is 3. The van der Waals surface area contributed by atoms with Gasteiger partial charge in [0.2, 0.25) is 5.78 Å². The van der Waals surface area contributed by atoms with E-state index in [1.54, 1.807) is 39.1 Å². The first-order valence-corrected chi connectivity index (χ1v) is 12.6. The molecule has 1 fully saturated rings. The summed E-state index contributed by atoms with van der Waals surface area (Å²) in [6, 6.07) is 3.86. The number of unbranched alkanes of at least 4 members (excludes halogenated alkanes) is 1. The number of Topliss-reactive ketones (excluding diaryl/α,β-unsaturated/α-hetero) is 2. The molecule has 0 saturated heterocycles. The number of rotatable bonds is 7. The van der Waals surface area contributed by atoms with E-state index < -0.39 is 70.1 Å². The molecular formula is C27H34N2O8. The smallest absolute Gasteiger partial charge is 0.255 e. The predicted octanol–water partition coefficient (Wildman–Crippen LogP) is 1.36. The van der Waals surface area contributed by atoms with E-state index in [4.69, 9.17) is 10.5 Å². The maximum absolute atomic E-state index is 14.0. The molecule has 0 aromatic heterocycles. The van der Waals surface area contributed by atoms with Crippen molar-refractivity contribution < 1.29 is 39.5 Å². The lowest BCUT2D eigenvalue weighted by Gasteiger charge is -2.54. The van der Waals surface area contributed by atoms with Gasteiger partial charge >= 0.3 is 0 Å². The number of nitrogens with two attached hydrogens (primary N) is 1. The number of aliphatic hydroxyl groups excluding tert-OH is 3. The van der Waals surface area contributed by atoms with Gasteiger partial charge in [-0.15, -0.1) is 0 Å². The van der Waals surface area contributed by atoms with Crippen molar-refractivity contribution in [3.8, 4) is 5.75 Å². The molecule has 3 aliphatic rings. The molecule has 1 saturated carbocycles. The van der Waals surface area contributed by atoms with Gasteiger partial charge in [0, 0.05) is 11.5 Å². The van der Waals surface area contributed by atoms with Crippen LogP contribution < -0.4 is 10.5 Å². The maximum atomic E-state index is 14.0. The fraction of sp³-hybridized carbons (Fsp3) is 0.519. The monoisotopic (exact) mass is 514 g/mol. The summed E-state index contributed by atoms with van der Waals surface area (Å²) < 4.78 is 5.88. The zero-order chi connectivity index (χ0) is 27.4. The van der Waals surface area contributed by atoms with Gasteiger partial charge in [-0.3, -0.25) is 19.3 Å². The summed E-state index contributed by atoms with van der Waals surface area (Å²) in [7, 11) is 1.55. The first-order chi connectivity index (χ1) is 17.4. The van der Waals surface area contributed by atoms with E-state index in [1.807, 2.05) is 6.92 Å². The van der Waals surface area contributed by atoms with Gasteiger partial charge in [0.05, 0.1) is 30.2 Å². The number of aliphatic hydroxyl groups is 4. The molecule has 200 valence electrons. The van der Waals surface area contributed by atoms with Crippen molar-refractivity contribution in [1.82, 2.24) is 4.90 Å². The van der Waals surface area contributed by atoms with E-state index in [0.29, 0.717) is 17.9 Å². The van der Waals surface area contributed by atoms with Gasteiger partial charge in [-0.2, -0.15) is 0 Å². The van der Waals surface area contributed by atoms with Crippen LogP contribution in [0.25, 0.3) is 5.76 Å². The van der Waals surface area contributed by atoms with Crippen molar-refractivity contribution in [2.24, 2.45) is 17.6 Å². The van der Waals surface area contributed by atoms with Crippen LogP contribution in [0, 0.1) is 11.8 Å². The summed E-state index contributed by atoms with van der Waals surface area (Å²) in [4.78, 5) is 41.0. The van der Waals surface area contributed by atoms with Crippen molar-refractivity contribution in [2.75, 3.05) is 20.2 Å². The highest BCUT2D eigenvalue weighted by Crippen LogP contribution is 2.56. The van der Waals surface area contributed by atoms with Crippen molar-refractivity contribution in [1.29, 1.82) is 0 Å². The molecule has 1 amide bonds. The number of primary amides is 1. The molecule has 4 rings (SSSR count). The van der Waals surface area contributed by atoms with Gasteiger partial charge < -0.3 is 30.9 Å². The Morgan fingerprint density at radius 3 is 2.49 bits per heavy atom. The Morgan fingerprint density at radius 2 is 1.89 bits per heavy atom. The van der Waals surface area contributed by atoms with Gasteiger partial charge in [-0.1, -0.05) is 39.3 Å². The number of likely N-dealkylation sites (N-methyl/N-ethyl adjacent to an activating group) is 1. The largest absolute Gasteiger partial charge is 0.508 e. The minimum absolute atomic E-state index is 0.270. The van der Waals surface area contributed by atoms with Crippen LogP contribution in [-0.4, -0.2) is 80.7 Å². The van der Waals surface area contributed by atoms with Gasteiger partial charge in [-0.05, 0) is 37.6 Å². The molecule has 0 aliphatic heterocycles. The summed E-state index contributed by atoms with van der Waals surface area (Å²) in [6.45, 7) is 6.16. The minimum atomic E-state index is -2.86. The standard InChI is InChI=1S/C27H34N2O8/c1-5-7-11-37-14-10-8-9-13-12(3)15-17(21(30)16(13)14)24(33)27(36)19(22(15)31)20(29(4)6-2)23(32)18(25(27)34)26(28)35/h8-10,12,15,19-20,22,30-31,34,36H,5-7,11H2,1-4H3,(H2,28,35)/t12-,15+,19+,20-,22-,27-/m0/s1. The molecule has 0 bridgehead atoms. The van der Waals surface area contributed by atoms with Crippen LogP contribution >= 0.6 is 0 Å². The fourth-order valence-corrected chi connectivity index (χ4v) is 6.12. The van der Waals surface area contributed by atoms with Crippen LogP contribution in [0.3, 0.4) is 0 Å². The Hall–Kier alpha value is -3.21. The second-order valence-corrected chi connectivity index (χ2v) is 10.1. The Kier molecular flexibility index (Phi) is 6.96. The Morgan fingerprint density at radius 1 is 1.22 bits per heavy atom. The zero-order valence-electron chi connectivity index (χ0n) is 21.4. The highest BCUT2D eigenvalue weighted by molar-refractivity contribution is 6.24. The summed E-state index contributed by atoms with van der Waals surface area (Å²) in [5.41, 5.74) is 2.24. The molecule has 0 spiro atoms. The number of carbonyl (C=O) groups is 3. The lowest BCUT2D eigenvalue weighted by atomic mass is 9.54. The molecule has 0 heterocycles. The van der Waals surface area contributed by atoms with Crippen molar-refractivity contribution in [2.45, 2.75) is 57.3 Å². The average Bonchev–Trinajstić information content (AvgIpc) is 2.86. The van der Waals surface area contributed by atoms with Gasteiger partial charge in [-0.25, -0.2) is 0 Å². The highest BCUT2D eigenvalue weighted by Gasteiger charge is 2.68. The van der Waals surface area contributed by atoms with E-state index in [-0.39, 0.29) is 17.7 Å². The SMILES string of the molecule is CCCCOc1cccc2c1C(O)=C1C(=O)[C@]3(O)C(O)=C(C(N)=O)C(=O)[C@@H](N(C)CC)[C@@H]3[C@@H](O)[C@@H]1[C@H]2C. The summed E-state index contributed by atoms with van der Waals surface area (Å²) in [5.74, 6) is -7.66. The molecule has 1 aromatic rings. The number of benzene rings is 1. The lowest BCUT2D eigenvalue weighted by molar-refractivity contribution is -0.170. The number of hydrogen-bond acceptors (Lipinski definition) is 9. The third-order valence-electron chi connectivity index (χ3n) is 8.15. The highest BCUT2D eigenvalue weighted by atomic mass is 16.5. The van der Waals surface area contributed by atoms with E-state index in [0.717, 1.165) is 12.8 Å². The van der Waals surface area contributed by atoms with E-state index in [9.17, 15) is 34.8 Å². The molecule has 10 nitrogen and oxygen atoms in total. The van der Waals surface area contributed by atoms with Crippen LogP contribution in [0.15, 0.2) is 35.1 Å². The zero-order valence-corrected chi connectivity index (χ0v) is 21.4. The molecule has 6 atom stereocenters. The van der Waals surface area contributed by atoms with Crippen LogP contribution in [0.1, 0.15) is 50.7 Å². The van der Waals surface area contributed by atoms with Gasteiger partial charge in [0.25, 0.3) is 5.91 Å². The molecule has 0 unspecified atom stereocenters. The summed E-state index contributed by atoms with van der Waals surface area (Å²) in [6.07, 6.45) is 0.111. The van der Waals surface area contributed by atoms with Crippen LogP contribution in [-0.2, 0) is 14.4 Å². The van der Waals surface area contributed by atoms with Crippen LogP contribution in [0.5, 0.6) is 5.75 Å². The number of nitrogens with zero attached hydrogens (tertiary/aromatic N) is 1. The number of carbonyl (C=O) groups excluding carboxylic acids is 3. The Balaban J connectivity index is 1.98. The normalized spacial score (nSPS) is 31.3. The third-order valence-corrected chi connectivity index (χ3v) is 8.15. The van der Waals surface area contributed by atoms with Crippen LogP contribution in [0.2, 0.25) is 0 Å². The van der Waals surface area contributed by atoms with E-state index in [2.05, 4.69) is 0 Å². The second kappa shape index (κ2) is 9.59. The summed E-state index contributed by atoms with van der Waals surface area (Å²) >= 11 is 0. The Labute approximate surface area is 215 Å². The molecule has 1 aromatic carbocycles. The van der Waals surface area contributed by atoms with E-state index in [1.165, 1.54) is 4.90 Å². The number of hydrogen-bond donors (Lipinski definition) is 5. The maximum Gasteiger partial charge on any atom is 0.255 e. The lowest BCUT2D eigenvalue weighted by Crippen LogP contribution is -2.70. The predicted molar refractivity (Wildman–Crippen MR) is 134 cm³/mol. The van der Waals surface area contributed by atoms with Crippen LogP contribution in [0.4, 0.5) is 0 Å². The van der Waals surface area contributed by atoms with Crippen molar-refractivity contribution in [3.05, 3.63) is 46.2 Å². The van der Waals surface area contributed by atoms with Gasteiger partial charge in [0.1, 0.15) is 22.8 Å². The quantitative estimate of drug-likeness (QED) is 0.266. The molecule has 37 heavy (non-hydrogen) atoms. The number of ketones is 2. The Bertz CT molecular complexity index is 1220. The summed E-state index contributed by atoms with van der Waals surface area (Å²) in [5, 5.41) is 45.9. The van der Waals surface area contributed by atoms with Crippen molar-refractivity contribution in [3.63, 3.8) is 0 Å². The number of amides is 1. The van der Waals surface area contributed by atoms with Crippen molar-refractivity contribution >= 4 is 23.2 Å². The number of ether oxygens (including phenoxy) is 1. The topological polar surface area (TPSA) is 171 Å². The minimum Gasteiger partial charge on any atom is -0.508 e. The first-order valence-electron chi connectivity index (χ1n) is 12.6. The molecule has 3 aliphatic carbocycles. The van der Waals surface area contributed by atoms with E-state index >= 15 is 0 Å². The molecule has 10 heteroatoms. The molecular weight excluding hydrogens is 480 g/mol. The molecule has 6 N–H and O–H groups in total.